The molecule has 0 amide bonds. The first-order valence-electron chi connectivity index (χ1n) is 11.8. The summed E-state index contributed by atoms with van der Waals surface area (Å²) >= 11 is 0. The molecular formula is C23H36N8O. The Kier molecular flexibility index (Phi) is 7.14. The van der Waals surface area contributed by atoms with Crippen molar-refractivity contribution in [3.63, 3.8) is 0 Å². The summed E-state index contributed by atoms with van der Waals surface area (Å²) in [6.07, 6.45) is 12.8. The van der Waals surface area contributed by atoms with E-state index in [1.54, 1.807) is 13.2 Å². The van der Waals surface area contributed by atoms with Crippen molar-refractivity contribution in [2.45, 2.75) is 76.9 Å². The van der Waals surface area contributed by atoms with Gasteiger partial charge in [-0.1, -0.05) is 19.3 Å². The maximum Gasteiger partial charge on any atom is 0.168 e. The molecule has 2 aromatic rings. The molecule has 2 heterocycles. The van der Waals surface area contributed by atoms with Crippen molar-refractivity contribution in [3.05, 3.63) is 35.4 Å². The van der Waals surface area contributed by atoms with E-state index in [4.69, 9.17) is 21.3 Å². The summed E-state index contributed by atoms with van der Waals surface area (Å²) in [6.45, 7) is 2.38. The molecule has 32 heavy (non-hydrogen) atoms. The van der Waals surface area contributed by atoms with Crippen LogP contribution < -0.4 is 21.6 Å². The van der Waals surface area contributed by atoms with E-state index < -0.39 is 0 Å². The van der Waals surface area contributed by atoms with Crippen molar-refractivity contribution in [2.24, 2.45) is 11.6 Å². The minimum Gasteiger partial charge on any atom is -0.489 e. The fraction of sp³-hybridized carbons (Fsp3) is 0.609. The SMILES string of the molecule is Cc1nc(/C(N)=C(\CNc2cnn(C3CCCC3)n2)N(C)N)ccc1OC1CCCCC1. The van der Waals surface area contributed by atoms with Crippen molar-refractivity contribution in [1.29, 1.82) is 0 Å². The molecule has 0 radical (unpaired) electrons. The molecule has 174 valence electrons. The minimum absolute atomic E-state index is 0.288. The highest BCUT2D eigenvalue weighted by Gasteiger charge is 2.20. The zero-order valence-electron chi connectivity index (χ0n) is 19.3. The number of hydrazine groups is 1. The number of nitrogens with two attached hydrogens (primary N) is 2. The van der Waals surface area contributed by atoms with Gasteiger partial charge in [0.2, 0.25) is 0 Å². The second-order valence-corrected chi connectivity index (χ2v) is 8.97. The zero-order chi connectivity index (χ0) is 22.5. The minimum atomic E-state index is 0.288. The predicted octanol–water partition coefficient (Wildman–Crippen LogP) is 3.35. The van der Waals surface area contributed by atoms with Crippen LogP contribution in [-0.2, 0) is 0 Å². The van der Waals surface area contributed by atoms with Crippen molar-refractivity contribution in [1.82, 2.24) is 25.0 Å². The number of likely N-dealkylation sites (N-methyl/N-ethyl adjacent to an activating group) is 1. The van der Waals surface area contributed by atoms with Gasteiger partial charge in [0.05, 0.1) is 47.7 Å². The van der Waals surface area contributed by atoms with Crippen LogP contribution in [0.3, 0.4) is 0 Å². The van der Waals surface area contributed by atoms with Crippen LogP contribution >= 0.6 is 0 Å². The Balaban J connectivity index is 1.44. The van der Waals surface area contributed by atoms with Crippen LogP contribution in [0.15, 0.2) is 24.0 Å². The standard InChI is InChI=1S/C23H36N8O/c1-16-21(32-18-10-4-3-5-11-18)13-12-19(28-16)23(24)20(30(2)25)14-26-22-15-27-31(29-22)17-8-6-7-9-17/h12-13,15,17-18H,3-11,14,24-25H2,1-2H3,(H,26,29)/b23-20-. The van der Waals surface area contributed by atoms with Gasteiger partial charge in [-0.05, 0) is 57.6 Å². The van der Waals surface area contributed by atoms with E-state index in [-0.39, 0.29) is 6.10 Å². The topological polar surface area (TPSA) is 120 Å². The third kappa shape index (κ3) is 5.32. The predicted molar refractivity (Wildman–Crippen MR) is 126 cm³/mol. The zero-order valence-corrected chi connectivity index (χ0v) is 19.3. The number of hydrogen-bond acceptors (Lipinski definition) is 8. The molecule has 9 heteroatoms. The Labute approximate surface area is 190 Å². The van der Waals surface area contributed by atoms with Crippen LogP contribution in [0.2, 0.25) is 0 Å². The average Bonchev–Trinajstić information content (AvgIpc) is 3.47. The first kappa shape index (κ1) is 22.4. The normalized spacial score (nSPS) is 18.5. The summed E-state index contributed by atoms with van der Waals surface area (Å²) in [6, 6.07) is 4.28. The van der Waals surface area contributed by atoms with Crippen molar-refractivity contribution >= 4 is 11.5 Å². The van der Waals surface area contributed by atoms with Gasteiger partial charge in [-0.15, -0.1) is 5.10 Å². The maximum atomic E-state index is 6.49. The van der Waals surface area contributed by atoms with E-state index in [9.17, 15) is 0 Å². The summed E-state index contributed by atoms with van der Waals surface area (Å²) in [5.41, 5.74) is 9.26. The van der Waals surface area contributed by atoms with Crippen LogP contribution in [0.4, 0.5) is 5.82 Å². The van der Waals surface area contributed by atoms with Gasteiger partial charge in [0.25, 0.3) is 0 Å². The van der Waals surface area contributed by atoms with E-state index in [1.807, 2.05) is 23.9 Å². The molecule has 2 aromatic heterocycles. The third-order valence-corrected chi connectivity index (χ3v) is 6.49. The lowest BCUT2D eigenvalue weighted by atomic mass is 9.98. The lowest BCUT2D eigenvalue weighted by Crippen LogP contribution is -2.32. The molecule has 0 spiro atoms. The number of ether oxygens (including phenoxy) is 1. The van der Waals surface area contributed by atoms with E-state index >= 15 is 0 Å². The van der Waals surface area contributed by atoms with E-state index in [1.165, 1.54) is 37.1 Å². The van der Waals surface area contributed by atoms with Gasteiger partial charge in [-0.25, -0.2) is 10.8 Å². The van der Waals surface area contributed by atoms with E-state index in [0.717, 1.165) is 42.8 Å². The Bertz CT molecular complexity index is 926. The number of rotatable bonds is 8. The largest absolute Gasteiger partial charge is 0.489 e. The molecule has 2 aliphatic carbocycles. The smallest absolute Gasteiger partial charge is 0.168 e. The number of aryl methyl sites for hydroxylation is 1. The maximum absolute atomic E-state index is 6.49. The van der Waals surface area contributed by atoms with Crippen LogP contribution in [0.25, 0.3) is 5.70 Å². The summed E-state index contributed by atoms with van der Waals surface area (Å²) < 4.78 is 6.19. The van der Waals surface area contributed by atoms with E-state index in [0.29, 0.717) is 29.8 Å². The van der Waals surface area contributed by atoms with Gasteiger partial charge in [0.15, 0.2) is 5.82 Å². The van der Waals surface area contributed by atoms with Gasteiger partial charge >= 0.3 is 0 Å². The number of nitrogens with one attached hydrogen (secondary N) is 1. The molecule has 2 saturated carbocycles. The Morgan fingerprint density at radius 2 is 1.88 bits per heavy atom. The van der Waals surface area contributed by atoms with Crippen molar-refractivity contribution < 1.29 is 4.74 Å². The lowest BCUT2D eigenvalue weighted by Gasteiger charge is -2.24. The van der Waals surface area contributed by atoms with Crippen molar-refractivity contribution in [2.75, 3.05) is 18.9 Å². The monoisotopic (exact) mass is 440 g/mol. The highest BCUT2D eigenvalue weighted by molar-refractivity contribution is 5.64. The molecule has 2 aliphatic rings. The molecule has 4 rings (SSSR count). The van der Waals surface area contributed by atoms with E-state index in [2.05, 4.69) is 15.5 Å². The molecule has 5 N–H and O–H groups in total. The van der Waals surface area contributed by atoms with Gasteiger partial charge in [0, 0.05) is 7.05 Å². The summed E-state index contributed by atoms with van der Waals surface area (Å²) in [4.78, 5) is 6.53. The van der Waals surface area contributed by atoms with Crippen LogP contribution in [0.5, 0.6) is 5.75 Å². The molecule has 0 atom stereocenters. The second kappa shape index (κ2) is 10.2. The second-order valence-electron chi connectivity index (χ2n) is 8.97. The molecular weight excluding hydrogens is 404 g/mol. The number of anilines is 1. The molecule has 0 bridgehead atoms. The first-order valence-corrected chi connectivity index (χ1v) is 11.8. The quantitative estimate of drug-likeness (QED) is 0.422. The fourth-order valence-corrected chi connectivity index (χ4v) is 4.59. The summed E-state index contributed by atoms with van der Waals surface area (Å²) in [7, 11) is 1.77. The highest BCUT2D eigenvalue weighted by atomic mass is 16.5. The lowest BCUT2D eigenvalue weighted by molar-refractivity contribution is 0.153. The molecule has 0 unspecified atom stereocenters. The average molecular weight is 441 g/mol. The third-order valence-electron chi connectivity index (χ3n) is 6.49. The van der Waals surface area contributed by atoms with Gasteiger partial charge in [0.1, 0.15) is 5.75 Å². The Morgan fingerprint density at radius 1 is 1.16 bits per heavy atom. The number of hydrogen-bond donors (Lipinski definition) is 3. The van der Waals surface area contributed by atoms with Crippen LogP contribution in [-0.4, -0.2) is 44.7 Å². The summed E-state index contributed by atoms with van der Waals surface area (Å²) in [5, 5.41) is 13.8. The molecule has 0 aromatic carbocycles. The van der Waals surface area contributed by atoms with Crippen LogP contribution in [0.1, 0.15) is 75.2 Å². The molecule has 0 aliphatic heterocycles. The van der Waals surface area contributed by atoms with Gasteiger partial charge in [-0.2, -0.15) is 9.90 Å². The summed E-state index contributed by atoms with van der Waals surface area (Å²) in [5.74, 6) is 7.64. The number of nitrogens with zero attached hydrogens (tertiary/aromatic N) is 5. The number of pyridine rings is 1. The first-order chi connectivity index (χ1) is 15.5. The number of aromatic nitrogens is 4. The Hall–Kier alpha value is -2.81. The van der Waals surface area contributed by atoms with Crippen molar-refractivity contribution in [3.8, 4) is 5.75 Å². The molecule has 0 saturated heterocycles. The molecule has 2 fully saturated rings. The van der Waals surface area contributed by atoms with Gasteiger partial charge < -0.3 is 20.8 Å². The van der Waals surface area contributed by atoms with Crippen LogP contribution in [0, 0.1) is 6.92 Å². The van der Waals surface area contributed by atoms with Gasteiger partial charge in [-0.3, -0.25) is 0 Å². The Morgan fingerprint density at radius 3 is 2.56 bits per heavy atom. The fourth-order valence-electron chi connectivity index (χ4n) is 4.59. The highest BCUT2D eigenvalue weighted by Crippen LogP contribution is 2.29. The molecule has 9 nitrogen and oxygen atoms in total.